The van der Waals surface area contributed by atoms with Crippen LogP contribution < -0.4 is 17.0 Å². The highest BCUT2D eigenvalue weighted by molar-refractivity contribution is 5.30. The van der Waals surface area contributed by atoms with Crippen LogP contribution in [0.4, 0.5) is 5.69 Å². The largest absolute Gasteiger partial charge is 0.393 e. The molecule has 6 heteroatoms. The van der Waals surface area contributed by atoms with Gasteiger partial charge in [0.05, 0.1) is 5.60 Å². The van der Waals surface area contributed by atoms with Gasteiger partial charge in [0.2, 0.25) is 0 Å². The Labute approximate surface area is 99.6 Å². The van der Waals surface area contributed by atoms with E-state index in [2.05, 4.69) is 0 Å². The second kappa shape index (κ2) is 4.75. The lowest BCUT2D eigenvalue weighted by molar-refractivity contribution is 0.0115. The summed E-state index contributed by atoms with van der Waals surface area (Å²) < 4.78 is 7.68. The molecule has 0 atom stereocenters. The molecule has 0 aliphatic rings. The summed E-state index contributed by atoms with van der Waals surface area (Å²) in [6, 6.07) is 0. The fourth-order valence-electron chi connectivity index (χ4n) is 1.43. The lowest BCUT2D eigenvalue weighted by Crippen LogP contribution is -2.41. The Morgan fingerprint density at radius 1 is 1.41 bits per heavy atom. The fraction of sp³-hybridized carbons (Fsp3) is 0.636. The monoisotopic (exact) mass is 241 g/mol. The van der Waals surface area contributed by atoms with E-state index in [0.29, 0.717) is 6.42 Å². The third-order valence-corrected chi connectivity index (χ3v) is 2.85. The van der Waals surface area contributed by atoms with Crippen LogP contribution >= 0.6 is 0 Å². The number of anilines is 1. The zero-order valence-electron chi connectivity index (χ0n) is 10.7. The average molecular weight is 241 g/mol. The number of methoxy groups -OCH3 is 1. The summed E-state index contributed by atoms with van der Waals surface area (Å²) in [4.78, 5) is 23.5. The fourth-order valence-corrected chi connectivity index (χ4v) is 1.43. The van der Waals surface area contributed by atoms with Gasteiger partial charge in [-0.3, -0.25) is 9.36 Å². The highest BCUT2D eigenvalue weighted by atomic mass is 16.5. The predicted octanol–water partition coefficient (Wildman–Crippen LogP) is -0.0557. The van der Waals surface area contributed by atoms with Gasteiger partial charge in [-0.15, -0.1) is 0 Å². The minimum atomic E-state index is -0.444. The molecule has 17 heavy (non-hydrogen) atoms. The topological polar surface area (TPSA) is 79.2 Å². The number of rotatable bonds is 4. The Kier molecular flexibility index (Phi) is 3.77. The van der Waals surface area contributed by atoms with Crippen LogP contribution in [0, 0.1) is 0 Å². The number of hydrogen-bond acceptors (Lipinski definition) is 4. The molecular formula is C11H19N3O3. The van der Waals surface area contributed by atoms with Gasteiger partial charge in [-0.05, 0) is 20.3 Å². The van der Waals surface area contributed by atoms with E-state index in [0.717, 1.165) is 4.57 Å². The van der Waals surface area contributed by atoms with Crippen LogP contribution in [0.1, 0.15) is 20.3 Å². The van der Waals surface area contributed by atoms with Gasteiger partial charge in [0, 0.05) is 26.9 Å². The van der Waals surface area contributed by atoms with Crippen LogP contribution in [0.25, 0.3) is 0 Å². The minimum Gasteiger partial charge on any atom is -0.393 e. The van der Waals surface area contributed by atoms with Crippen LogP contribution in [-0.2, 0) is 18.3 Å². The van der Waals surface area contributed by atoms with Crippen molar-refractivity contribution in [2.75, 3.05) is 12.8 Å². The lowest BCUT2D eigenvalue weighted by Gasteiger charge is -2.23. The zero-order chi connectivity index (χ0) is 13.2. The third-order valence-electron chi connectivity index (χ3n) is 2.85. The van der Waals surface area contributed by atoms with E-state index in [1.807, 2.05) is 13.8 Å². The number of nitrogens with zero attached hydrogens (tertiary/aromatic N) is 2. The van der Waals surface area contributed by atoms with Crippen LogP contribution in [0.3, 0.4) is 0 Å². The van der Waals surface area contributed by atoms with Crippen molar-refractivity contribution in [3.05, 3.63) is 27.0 Å². The normalized spacial score (nSPS) is 11.8. The summed E-state index contributed by atoms with van der Waals surface area (Å²) >= 11 is 0. The van der Waals surface area contributed by atoms with Crippen molar-refractivity contribution in [2.24, 2.45) is 7.05 Å². The van der Waals surface area contributed by atoms with Crippen LogP contribution in [0.5, 0.6) is 0 Å². The van der Waals surface area contributed by atoms with E-state index in [1.54, 1.807) is 14.2 Å². The highest BCUT2D eigenvalue weighted by Gasteiger charge is 2.17. The van der Waals surface area contributed by atoms with Crippen LogP contribution in [0.2, 0.25) is 0 Å². The Morgan fingerprint density at radius 2 is 2.00 bits per heavy atom. The van der Waals surface area contributed by atoms with Crippen LogP contribution in [0.15, 0.2) is 15.8 Å². The number of nitrogen functional groups attached to an aromatic ring is 1. The molecule has 6 nitrogen and oxygen atoms in total. The minimum absolute atomic E-state index is 0.0716. The Hall–Kier alpha value is -1.56. The van der Waals surface area contributed by atoms with E-state index in [-0.39, 0.29) is 23.5 Å². The Bertz CT molecular complexity index is 479. The van der Waals surface area contributed by atoms with Crippen molar-refractivity contribution in [1.82, 2.24) is 9.13 Å². The lowest BCUT2D eigenvalue weighted by atomic mass is 10.1. The number of aromatic nitrogens is 2. The maximum atomic E-state index is 11.8. The first kappa shape index (κ1) is 13.5. The van der Waals surface area contributed by atoms with Crippen molar-refractivity contribution < 1.29 is 4.74 Å². The Balaban J connectivity index is 3.08. The van der Waals surface area contributed by atoms with E-state index in [1.165, 1.54) is 10.8 Å². The summed E-state index contributed by atoms with van der Waals surface area (Å²) in [7, 11) is 3.16. The molecule has 0 fully saturated rings. The van der Waals surface area contributed by atoms with Gasteiger partial charge in [-0.1, -0.05) is 0 Å². The molecule has 0 aliphatic heterocycles. The second-order valence-corrected chi connectivity index (χ2v) is 4.65. The highest BCUT2D eigenvalue weighted by Crippen LogP contribution is 2.12. The molecule has 1 aromatic rings. The maximum absolute atomic E-state index is 11.8. The van der Waals surface area contributed by atoms with E-state index >= 15 is 0 Å². The SMILES string of the molecule is COC(C)(C)CCn1c(=O)c(N)cn(C)c1=O. The molecule has 96 valence electrons. The van der Waals surface area contributed by atoms with Gasteiger partial charge >= 0.3 is 5.69 Å². The smallest absolute Gasteiger partial charge is 0.330 e. The van der Waals surface area contributed by atoms with Crippen molar-refractivity contribution in [3.63, 3.8) is 0 Å². The molecule has 0 radical (unpaired) electrons. The molecule has 1 aromatic heterocycles. The quantitative estimate of drug-likeness (QED) is 0.801. The molecule has 0 spiro atoms. The maximum Gasteiger partial charge on any atom is 0.330 e. The molecule has 0 saturated carbocycles. The first-order valence-corrected chi connectivity index (χ1v) is 5.39. The Morgan fingerprint density at radius 3 is 2.53 bits per heavy atom. The van der Waals surface area contributed by atoms with Crippen molar-refractivity contribution in [2.45, 2.75) is 32.4 Å². The van der Waals surface area contributed by atoms with Crippen molar-refractivity contribution >= 4 is 5.69 Å². The zero-order valence-corrected chi connectivity index (χ0v) is 10.7. The molecule has 0 amide bonds. The molecule has 0 aliphatic carbocycles. The summed E-state index contributed by atoms with van der Waals surface area (Å²) in [5.41, 5.74) is 4.42. The summed E-state index contributed by atoms with van der Waals surface area (Å²) in [6.07, 6.45) is 1.89. The molecule has 0 bridgehead atoms. The van der Waals surface area contributed by atoms with Gasteiger partial charge in [-0.25, -0.2) is 4.79 Å². The number of hydrogen-bond donors (Lipinski definition) is 1. The molecule has 1 heterocycles. The van der Waals surface area contributed by atoms with E-state index in [4.69, 9.17) is 10.5 Å². The summed E-state index contributed by atoms with van der Waals surface area (Å²) in [5, 5.41) is 0. The van der Waals surface area contributed by atoms with Gasteiger partial charge in [-0.2, -0.15) is 0 Å². The molecular weight excluding hydrogens is 222 g/mol. The molecule has 1 rings (SSSR count). The second-order valence-electron chi connectivity index (χ2n) is 4.65. The number of nitrogens with two attached hydrogens (primary N) is 1. The summed E-state index contributed by atoms with van der Waals surface area (Å²) in [6.45, 7) is 4.08. The van der Waals surface area contributed by atoms with E-state index in [9.17, 15) is 9.59 Å². The molecule has 0 aromatic carbocycles. The van der Waals surface area contributed by atoms with Crippen molar-refractivity contribution in [1.29, 1.82) is 0 Å². The van der Waals surface area contributed by atoms with Gasteiger partial charge < -0.3 is 15.0 Å². The predicted molar refractivity (Wildman–Crippen MR) is 66.1 cm³/mol. The average Bonchev–Trinajstić information content (AvgIpc) is 2.26. The number of aryl methyl sites for hydroxylation is 1. The number of ether oxygens (including phenoxy) is 1. The summed E-state index contributed by atoms with van der Waals surface area (Å²) in [5.74, 6) is 0. The van der Waals surface area contributed by atoms with E-state index < -0.39 is 5.56 Å². The standard InChI is InChI=1S/C11H19N3O3/c1-11(2,17-4)5-6-14-9(15)8(12)7-13(3)10(14)16/h7H,5-6,12H2,1-4H3. The van der Waals surface area contributed by atoms with Crippen molar-refractivity contribution in [3.8, 4) is 0 Å². The van der Waals surface area contributed by atoms with Gasteiger partial charge in [0.1, 0.15) is 5.69 Å². The molecule has 2 N–H and O–H groups in total. The first-order valence-electron chi connectivity index (χ1n) is 5.39. The van der Waals surface area contributed by atoms with Gasteiger partial charge in [0.25, 0.3) is 5.56 Å². The third kappa shape index (κ3) is 2.97. The first-order chi connectivity index (χ1) is 7.78. The molecule has 0 saturated heterocycles. The molecule has 0 unspecified atom stereocenters. The van der Waals surface area contributed by atoms with Gasteiger partial charge in [0.15, 0.2) is 0 Å². The van der Waals surface area contributed by atoms with Crippen LogP contribution in [-0.4, -0.2) is 21.8 Å².